The summed E-state index contributed by atoms with van der Waals surface area (Å²) in [5.41, 5.74) is 2.79. The van der Waals surface area contributed by atoms with Gasteiger partial charge in [0.1, 0.15) is 11.0 Å². The largest absolute Gasteiger partial charge is 0.478 e. The first-order valence-electron chi connectivity index (χ1n) is 10.1. The number of rotatable bonds is 6. The molecule has 1 aliphatic rings. The summed E-state index contributed by atoms with van der Waals surface area (Å²) in [6, 6.07) is 15.2. The molecule has 0 amide bonds. The molecule has 0 atom stereocenters. The Morgan fingerprint density at radius 1 is 1.19 bits per heavy atom. The molecule has 1 fully saturated rings. The van der Waals surface area contributed by atoms with Crippen molar-refractivity contribution in [2.45, 2.75) is 30.1 Å². The van der Waals surface area contributed by atoms with Gasteiger partial charge >= 0.3 is 5.97 Å². The molecule has 0 bridgehead atoms. The van der Waals surface area contributed by atoms with E-state index in [0.29, 0.717) is 16.9 Å². The summed E-state index contributed by atoms with van der Waals surface area (Å²) >= 11 is 14.1. The van der Waals surface area contributed by atoms with Crippen molar-refractivity contribution in [2.75, 3.05) is 0 Å². The number of hydrogen-bond donors (Lipinski definition) is 1. The number of nitrogens with zero attached hydrogens (tertiary/aromatic N) is 2. The van der Waals surface area contributed by atoms with Gasteiger partial charge in [0.15, 0.2) is 0 Å². The summed E-state index contributed by atoms with van der Waals surface area (Å²) in [7, 11) is 0. The zero-order chi connectivity index (χ0) is 22.4. The van der Waals surface area contributed by atoms with E-state index in [1.54, 1.807) is 12.1 Å². The predicted molar refractivity (Wildman–Crippen MR) is 126 cm³/mol. The van der Waals surface area contributed by atoms with E-state index in [4.69, 9.17) is 23.2 Å². The van der Waals surface area contributed by atoms with Crippen LogP contribution in [0.2, 0.25) is 10.2 Å². The minimum Gasteiger partial charge on any atom is -0.478 e. The molecule has 0 radical (unpaired) electrons. The SMILES string of the molecule is O=C(O)c1cnc(Cl)c(Cc2cc3c(F)cc(C4CC4)cc3n2Sc2ccccc2)c1Cl. The van der Waals surface area contributed by atoms with Crippen LogP contribution in [0, 0.1) is 5.82 Å². The fourth-order valence-corrected chi connectivity index (χ4v) is 5.29. The maximum atomic E-state index is 15.1. The van der Waals surface area contributed by atoms with Gasteiger partial charge in [0.2, 0.25) is 0 Å². The van der Waals surface area contributed by atoms with Crippen molar-refractivity contribution < 1.29 is 14.3 Å². The number of carbonyl (C=O) groups is 1. The molecule has 0 aliphatic heterocycles. The molecule has 1 N–H and O–H groups in total. The van der Waals surface area contributed by atoms with E-state index >= 15 is 4.39 Å². The second kappa shape index (κ2) is 8.43. The number of aromatic nitrogens is 2. The van der Waals surface area contributed by atoms with E-state index in [-0.39, 0.29) is 28.0 Å². The summed E-state index contributed by atoms with van der Waals surface area (Å²) < 4.78 is 17.0. The normalized spacial score (nSPS) is 13.6. The molecule has 2 aromatic heterocycles. The molecule has 8 heteroatoms. The first kappa shape index (κ1) is 21.3. The first-order chi connectivity index (χ1) is 15.4. The lowest BCUT2D eigenvalue weighted by atomic mass is 10.1. The molecule has 5 rings (SSSR count). The van der Waals surface area contributed by atoms with Crippen molar-refractivity contribution in [1.29, 1.82) is 0 Å². The third-order valence-electron chi connectivity index (χ3n) is 5.56. The molecule has 0 spiro atoms. The van der Waals surface area contributed by atoms with Gasteiger partial charge in [0, 0.05) is 34.2 Å². The molecule has 1 saturated carbocycles. The van der Waals surface area contributed by atoms with Crippen molar-refractivity contribution in [3.8, 4) is 0 Å². The predicted octanol–water partition coefficient (Wildman–Crippen LogP) is 7.20. The fourth-order valence-electron chi connectivity index (χ4n) is 3.77. The summed E-state index contributed by atoms with van der Waals surface area (Å²) in [5, 5.41) is 10.1. The minimum absolute atomic E-state index is 0.0400. The molecule has 0 unspecified atom stereocenters. The van der Waals surface area contributed by atoms with Gasteiger partial charge in [-0.2, -0.15) is 0 Å². The molecule has 2 heterocycles. The number of pyridine rings is 1. The summed E-state index contributed by atoms with van der Waals surface area (Å²) in [6.45, 7) is 0. The van der Waals surface area contributed by atoms with Crippen molar-refractivity contribution in [3.05, 3.63) is 93.1 Å². The Balaban J connectivity index is 1.67. The quantitative estimate of drug-likeness (QED) is 0.292. The topological polar surface area (TPSA) is 55.1 Å². The second-order valence-corrected chi connectivity index (χ2v) is 9.54. The Kier molecular flexibility index (Phi) is 5.61. The Hall–Kier alpha value is -2.54. The van der Waals surface area contributed by atoms with Gasteiger partial charge in [-0.25, -0.2) is 14.2 Å². The average Bonchev–Trinajstić information content (AvgIpc) is 3.56. The highest BCUT2D eigenvalue weighted by Gasteiger charge is 2.26. The van der Waals surface area contributed by atoms with Crippen LogP contribution in [0.4, 0.5) is 4.39 Å². The van der Waals surface area contributed by atoms with Gasteiger partial charge in [0.25, 0.3) is 0 Å². The number of carboxylic acid groups (broad SMARTS) is 1. The number of hydrogen-bond acceptors (Lipinski definition) is 3. The Labute approximate surface area is 198 Å². The third kappa shape index (κ3) is 3.98. The maximum absolute atomic E-state index is 15.1. The van der Waals surface area contributed by atoms with E-state index < -0.39 is 5.97 Å². The van der Waals surface area contributed by atoms with Crippen molar-refractivity contribution in [2.24, 2.45) is 0 Å². The number of halogens is 3. The van der Waals surface area contributed by atoms with Crippen LogP contribution in [0.25, 0.3) is 10.9 Å². The summed E-state index contributed by atoms with van der Waals surface area (Å²) in [5.74, 6) is -1.05. The van der Waals surface area contributed by atoms with Crippen LogP contribution in [0.3, 0.4) is 0 Å². The second-order valence-electron chi connectivity index (χ2n) is 7.78. The van der Waals surface area contributed by atoms with Crippen LogP contribution in [0.15, 0.2) is 59.6 Å². The summed E-state index contributed by atoms with van der Waals surface area (Å²) in [6.07, 6.45) is 3.50. The molecule has 4 aromatic rings. The zero-order valence-corrected chi connectivity index (χ0v) is 19.0. The lowest BCUT2D eigenvalue weighted by molar-refractivity contribution is 0.0696. The standard InChI is InChI=1S/C24H17Cl2FN2O2S/c25-22-18(23(26)28-12-19(22)24(30)31)11-15-10-17-20(27)8-14(13-6-7-13)9-21(17)29(15)32-16-4-2-1-3-5-16/h1-5,8-10,12-13H,6-7,11H2,(H,30,31). The van der Waals surface area contributed by atoms with E-state index in [2.05, 4.69) is 4.98 Å². The van der Waals surface area contributed by atoms with Crippen molar-refractivity contribution in [3.63, 3.8) is 0 Å². The third-order valence-corrected chi connectivity index (χ3v) is 7.41. The zero-order valence-electron chi connectivity index (χ0n) is 16.7. The fraction of sp³-hybridized carbons (Fsp3) is 0.167. The maximum Gasteiger partial charge on any atom is 0.338 e. The molecule has 4 nitrogen and oxygen atoms in total. The van der Waals surface area contributed by atoms with Crippen LogP contribution in [-0.4, -0.2) is 20.0 Å². The molecule has 0 saturated heterocycles. The Morgan fingerprint density at radius 3 is 2.62 bits per heavy atom. The van der Waals surface area contributed by atoms with Gasteiger partial charge in [-0.1, -0.05) is 41.4 Å². The molecule has 2 aromatic carbocycles. The monoisotopic (exact) mass is 486 g/mol. The highest BCUT2D eigenvalue weighted by atomic mass is 35.5. The van der Waals surface area contributed by atoms with Crippen LogP contribution in [0.5, 0.6) is 0 Å². The molecule has 162 valence electrons. The molecule has 32 heavy (non-hydrogen) atoms. The van der Waals surface area contributed by atoms with Crippen LogP contribution in [0.1, 0.15) is 45.9 Å². The van der Waals surface area contributed by atoms with E-state index in [9.17, 15) is 9.90 Å². The average molecular weight is 487 g/mol. The first-order valence-corrected chi connectivity index (χ1v) is 11.6. The number of carboxylic acids is 1. The minimum atomic E-state index is -1.18. The van der Waals surface area contributed by atoms with E-state index in [0.717, 1.165) is 40.7 Å². The number of fused-ring (bicyclic) bond motifs is 1. The Bertz CT molecular complexity index is 1350. The highest BCUT2D eigenvalue weighted by molar-refractivity contribution is 7.98. The smallest absolute Gasteiger partial charge is 0.338 e. The van der Waals surface area contributed by atoms with Crippen LogP contribution < -0.4 is 0 Å². The molecular weight excluding hydrogens is 470 g/mol. The van der Waals surface area contributed by atoms with Gasteiger partial charge < -0.3 is 5.11 Å². The van der Waals surface area contributed by atoms with Gasteiger partial charge in [0.05, 0.1) is 16.1 Å². The van der Waals surface area contributed by atoms with Gasteiger partial charge in [-0.05, 0) is 66.6 Å². The van der Waals surface area contributed by atoms with Crippen LogP contribution >= 0.6 is 35.1 Å². The number of benzene rings is 2. The van der Waals surface area contributed by atoms with Gasteiger partial charge in [-0.15, -0.1) is 0 Å². The molecule has 1 aliphatic carbocycles. The van der Waals surface area contributed by atoms with Crippen molar-refractivity contribution >= 4 is 52.0 Å². The summed E-state index contributed by atoms with van der Waals surface area (Å²) in [4.78, 5) is 16.5. The Morgan fingerprint density at radius 2 is 1.94 bits per heavy atom. The lowest BCUT2D eigenvalue weighted by Crippen LogP contribution is -2.05. The van der Waals surface area contributed by atoms with E-state index in [1.165, 1.54) is 11.9 Å². The van der Waals surface area contributed by atoms with Crippen molar-refractivity contribution in [1.82, 2.24) is 8.96 Å². The molecular formula is C24H17Cl2FN2O2S. The van der Waals surface area contributed by atoms with Gasteiger partial charge in [-0.3, -0.25) is 3.97 Å². The van der Waals surface area contributed by atoms with E-state index in [1.807, 2.05) is 40.4 Å². The lowest BCUT2D eigenvalue weighted by Gasteiger charge is -2.13. The highest BCUT2D eigenvalue weighted by Crippen LogP contribution is 2.43. The van der Waals surface area contributed by atoms with Crippen LogP contribution in [-0.2, 0) is 6.42 Å². The number of aromatic carboxylic acids is 1.